The number of ether oxygens (including phenoxy) is 1. The Labute approximate surface area is 160 Å². The largest absolute Gasteiger partial charge is 0.455 e. The van der Waals surface area contributed by atoms with E-state index >= 15 is 0 Å². The van der Waals surface area contributed by atoms with Crippen molar-refractivity contribution in [2.24, 2.45) is 5.92 Å². The highest BCUT2D eigenvalue weighted by molar-refractivity contribution is 7.91. The average molecular weight is 422 g/mol. The first-order valence-electron chi connectivity index (χ1n) is 9.55. The van der Waals surface area contributed by atoms with Crippen LogP contribution in [0, 0.1) is 5.92 Å². The molecule has 0 aromatic heterocycles. The number of esters is 1. The number of sulfone groups is 2. The van der Waals surface area contributed by atoms with E-state index in [-0.39, 0.29) is 47.4 Å². The summed E-state index contributed by atoms with van der Waals surface area (Å²) in [7, 11) is -6.34. The van der Waals surface area contributed by atoms with Crippen molar-refractivity contribution in [1.29, 1.82) is 0 Å². The van der Waals surface area contributed by atoms with Gasteiger partial charge in [-0.2, -0.15) is 0 Å². The lowest BCUT2D eigenvalue weighted by atomic mass is 9.93. The number of rotatable bonds is 5. The summed E-state index contributed by atoms with van der Waals surface area (Å²) in [6.07, 6.45) is 5.39. The van der Waals surface area contributed by atoms with Crippen molar-refractivity contribution in [1.82, 2.24) is 4.90 Å². The van der Waals surface area contributed by atoms with Gasteiger partial charge in [-0.1, -0.05) is 19.3 Å². The minimum Gasteiger partial charge on any atom is -0.455 e. The monoisotopic (exact) mass is 421 g/mol. The Hall–Kier alpha value is -1.16. The fourth-order valence-electron chi connectivity index (χ4n) is 4.37. The number of carbonyl (C=O) groups is 2. The Balaban J connectivity index is 1.63. The molecule has 0 aromatic rings. The molecule has 2 saturated heterocycles. The quantitative estimate of drug-likeness (QED) is 0.587. The number of carbonyl (C=O) groups excluding carboxylic acids is 2. The third-order valence-corrected chi connectivity index (χ3v) is 9.28. The van der Waals surface area contributed by atoms with Gasteiger partial charge >= 0.3 is 5.97 Å². The first-order chi connectivity index (χ1) is 12.7. The van der Waals surface area contributed by atoms with Crippen LogP contribution in [0.1, 0.15) is 44.9 Å². The van der Waals surface area contributed by atoms with E-state index in [1.54, 1.807) is 4.90 Å². The second-order valence-corrected chi connectivity index (χ2v) is 12.3. The summed E-state index contributed by atoms with van der Waals surface area (Å²) >= 11 is 0. The Morgan fingerprint density at radius 3 is 2.00 bits per heavy atom. The zero-order valence-corrected chi connectivity index (χ0v) is 17.0. The van der Waals surface area contributed by atoms with Crippen LogP contribution < -0.4 is 0 Å². The Morgan fingerprint density at radius 2 is 1.44 bits per heavy atom. The fraction of sp³-hybridized carbons (Fsp3) is 0.882. The van der Waals surface area contributed by atoms with Gasteiger partial charge in [-0.25, -0.2) is 16.8 Å². The summed E-state index contributed by atoms with van der Waals surface area (Å²) in [5.41, 5.74) is 0. The predicted molar refractivity (Wildman–Crippen MR) is 98.5 cm³/mol. The fourth-order valence-corrected chi connectivity index (χ4v) is 7.80. The van der Waals surface area contributed by atoms with Crippen molar-refractivity contribution < 1.29 is 31.2 Å². The van der Waals surface area contributed by atoms with E-state index < -0.39 is 38.2 Å². The smallest absolute Gasteiger partial charge is 0.310 e. The van der Waals surface area contributed by atoms with Crippen LogP contribution in [0.2, 0.25) is 0 Å². The van der Waals surface area contributed by atoms with E-state index in [0.717, 1.165) is 32.1 Å². The van der Waals surface area contributed by atoms with Gasteiger partial charge in [-0.3, -0.25) is 9.59 Å². The molecule has 2 aliphatic heterocycles. The molecule has 27 heavy (non-hydrogen) atoms. The standard InChI is InChI=1S/C17H27NO7S2/c19-16(10-25-17(20)13-6-8-26(21,22)11-13)18(14-4-2-1-3-5-14)15-7-9-27(23,24)12-15/h13-15H,1-12H2. The lowest BCUT2D eigenvalue weighted by Gasteiger charge is -2.38. The average Bonchev–Trinajstić information content (AvgIpc) is 3.15. The molecular weight excluding hydrogens is 394 g/mol. The maximum Gasteiger partial charge on any atom is 0.310 e. The molecule has 1 saturated carbocycles. The molecule has 0 N–H and O–H groups in total. The van der Waals surface area contributed by atoms with Crippen molar-refractivity contribution >= 4 is 31.6 Å². The Morgan fingerprint density at radius 1 is 0.815 bits per heavy atom. The number of nitrogens with zero attached hydrogens (tertiary/aromatic N) is 1. The third kappa shape index (κ3) is 5.22. The highest BCUT2D eigenvalue weighted by Gasteiger charge is 2.39. The van der Waals surface area contributed by atoms with Crippen LogP contribution >= 0.6 is 0 Å². The molecule has 2 heterocycles. The van der Waals surface area contributed by atoms with Crippen LogP contribution in [0.3, 0.4) is 0 Å². The molecule has 3 aliphatic rings. The van der Waals surface area contributed by atoms with Gasteiger partial charge in [-0.15, -0.1) is 0 Å². The molecule has 0 bridgehead atoms. The van der Waals surface area contributed by atoms with Gasteiger partial charge in [0.05, 0.1) is 28.9 Å². The molecule has 8 nitrogen and oxygen atoms in total. The van der Waals surface area contributed by atoms with E-state index in [2.05, 4.69) is 0 Å². The first kappa shape index (κ1) is 20.6. The normalized spacial score (nSPS) is 30.1. The number of hydrogen-bond acceptors (Lipinski definition) is 7. The van der Waals surface area contributed by atoms with Gasteiger partial charge in [0.15, 0.2) is 26.3 Å². The lowest BCUT2D eigenvalue weighted by molar-refractivity contribution is -0.157. The molecule has 1 aliphatic carbocycles. The Bertz CT molecular complexity index is 784. The molecule has 1 amide bonds. The van der Waals surface area contributed by atoms with Crippen molar-refractivity contribution in [3.63, 3.8) is 0 Å². The van der Waals surface area contributed by atoms with Crippen molar-refractivity contribution in [2.45, 2.75) is 57.0 Å². The van der Waals surface area contributed by atoms with E-state index in [0.29, 0.717) is 6.42 Å². The highest BCUT2D eigenvalue weighted by Crippen LogP contribution is 2.28. The van der Waals surface area contributed by atoms with Crippen LogP contribution in [-0.2, 0) is 34.0 Å². The van der Waals surface area contributed by atoms with Crippen LogP contribution in [-0.4, -0.2) is 75.3 Å². The zero-order valence-electron chi connectivity index (χ0n) is 15.3. The molecule has 154 valence electrons. The summed E-state index contributed by atoms with van der Waals surface area (Å²) in [6.45, 7) is -0.456. The predicted octanol–water partition coefficient (Wildman–Crippen LogP) is 0.313. The number of amides is 1. The maximum atomic E-state index is 12.8. The van der Waals surface area contributed by atoms with E-state index in [1.807, 2.05) is 0 Å². The number of hydrogen-bond donors (Lipinski definition) is 0. The zero-order chi connectivity index (χ0) is 19.7. The van der Waals surface area contributed by atoms with Crippen LogP contribution in [0.5, 0.6) is 0 Å². The van der Waals surface area contributed by atoms with E-state index in [9.17, 15) is 26.4 Å². The highest BCUT2D eigenvalue weighted by atomic mass is 32.2. The summed E-state index contributed by atoms with van der Waals surface area (Å²) in [5.74, 6) is -1.97. The second-order valence-electron chi connectivity index (χ2n) is 7.86. The molecule has 2 atom stereocenters. The van der Waals surface area contributed by atoms with Gasteiger partial charge in [0.2, 0.25) is 0 Å². The molecule has 3 rings (SSSR count). The van der Waals surface area contributed by atoms with Gasteiger partial charge in [0.1, 0.15) is 0 Å². The molecule has 0 aromatic carbocycles. The molecule has 0 radical (unpaired) electrons. The molecule has 10 heteroatoms. The SMILES string of the molecule is O=C(OCC(=O)N(C1CCCCC1)C1CCS(=O)(=O)C1)C1CCS(=O)(=O)C1. The summed E-state index contributed by atoms with van der Waals surface area (Å²) in [5, 5.41) is 0. The maximum absolute atomic E-state index is 12.8. The van der Waals surface area contributed by atoms with Gasteiger partial charge in [-0.05, 0) is 25.7 Å². The molecule has 2 unspecified atom stereocenters. The molecule has 3 fully saturated rings. The minimum absolute atomic E-state index is 0.0184. The van der Waals surface area contributed by atoms with Crippen molar-refractivity contribution in [3.05, 3.63) is 0 Å². The van der Waals surface area contributed by atoms with Gasteiger partial charge < -0.3 is 9.64 Å². The van der Waals surface area contributed by atoms with Crippen molar-refractivity contribution in [2.75, 3.05) is 29.6 Å². The van der Waals surface area contributed by atoms with Gasteiger partial charge in [0.25, 0.3) is 5.91 Å². The van der Waals surface area contributed by atoms with Crippen LogP contribution in [0.25, 0.3) is 0 Å². The van der Waals surface area contributed by atoms with Crippen molar-refractivity contribution in [3.8, 4) is 0 Å². The lowest BCUT2D eigenvalue weighted by Crippen LogP contribution is -2.50. The van der Waals surface area contributed by atoms with Crippen LogP contribution in [0.4, 0.5) is 0 Å². The first-order valence-corrected chi connectivity index (χ1v) is 13.2. The summed E-state index contributed by atoms with van der Waals surface area (Å²) in [4.78, 5) is 26.6. The molecular formula is C17H27NO7S2. The van der Waals surface area contributed by atoms with Crippen LogP contribution in [0.15, 0.2) is 0 Å². The summed E-state index contributed by atoms with van der Waals surface area (Å²) < 4.78 is 51.9. The van der Waals surface area contributed by atoms with E-state index in [1.165, 1.54) is 0 Å². The second kappa shape index (κ2) is 8.06. The Kier molecular flexibility index (Phi) is 6.14. The molecule has 0 spiro atoms. The third-order valence-electron chi connectivity index (χ3n) is 5.76. The van der Waals surface area contributed by atoms with Gasteiger partial charge in [0, 0.05) is 12.1 Å². The minimum atomic E-state index is -3.20. The van der Waals surface area contributed by atoms with E-state index in [4.69, 9.17) is 4.74 Å². The topological polar surface area (TPSA) is 115 Å². The summed E-state index contributed by atoms with van der Waals surface area (Å²) in [6, 6.07) is -0.383.